The second-order valence-electron chi connectivity index (χ2n) is 7.49. The highest BCUT2D eigenvalue weighted by molar-refractivity contribution is 7.99. The summed E-state index contributed by atoms with van der Waals surface area (Å²) < 4.78 is 51.0. The number of anilines is 1. The normalized spacial score (nSPS) is 22.0. The first-order valence-electron chi connectivity index (χ1n) is 9.86. The standard InChI is InChI=1S/C21H23FN2O5S2/c1-14-7-8-18(15(2)13-14)31(26,27)29-20-19(24(22)21(25)28-20)16-5-3-4-6-17(16)23-9-11-30-12-10-23/h3-8,13,19-20H,9-12H2,1-2H3. The number of hydrogen-bond donors (Lipinski definition) is 0. The van der Waals surface area contributed by atoms with E-state index in [2.05, 4.69) is 4.90 Å². The van der Waals surface area contributed by atoms with E-state index in [1.165, 1.54) is 6.07 Å². The molecule has 0 saturated carbocycles. The van der Waals surface area contributed by atoms with Crippen LogP contribution in [-0.2, 0) is 19.0 Å². The molecule has 4 rings (SSSR count). The summed E-state index contributed by atoms with van der Waals surface area (Å²) in [7, 11) is -4.30. The lowest BCUT2D eigenvalue weighted by Crippen LogP contribution is -2.35. The molecule has 166 valence electrons. The molecule has 10 heteroatoms. The van der Waals surface area contributed by atoms with Gasteiger partial charge in [0.25, 0.3) is 0 Å². The SMILES string of the molecule is Cc1ccc(S(=O)(=O)OC2OC(=O)N(F)C2c2ccccc2N2CCSCC2)c(C)c1. The molecule has 2 aromatic rings. The van der Waals surface area contributed by atoms with Gasteiger partial charge in [0, 0.05) is 35.8 Å². The van der Waals surface area contributed by atoms with Gasteiger partial charge in [-0.25, -0.2) is 8.98 Å². The molecular formula is C21H23FN2O5S2. The summed E-state index contributed by atoms with van der Waals surface area (Å²) in [4.78, 5) is 14.1. The third kappa shape index (κ3) is 4.37. The van der Waals surface area contributed by atoms with Gasteiger partial charge >= 0.3 is 16.2 Å². The van der Waals surface area contributed by atoms with Crippen molar-refractivity contribution in [3.63, 3.8) is 0 Å². The van der Waals surface area contributed by atoms with E-state index in [1.807, 2.05) is 30.8 Å². The number of carbonyl (C=O) groups is 1. The van der Waals surface area contributed by atoms with Crippen LogP contribution in [0.2, 0.25) is 0 Å². The number of aryl methyl sites for hydroxylation is 2. The largest absolute Gasteiger partial charge is 0.441 e. The Morgan fingerprint density at radius 2 is 1.84 bits per heavy atom. The van der Waals surface area contributed by atoms with Crippen LogP contribution in [0, 0.1) is 13.8 Å². The fourth-order valence-electron chi connectivity index (χ4n) is 3.86. The van der Waals surface area contributed by atoms with Crippen LogP contribution in [0.15, 0.2) is 47.4 Å². The number of amides is 1. The predicted octanol–water partition coefficient (Wildman–Crippen LogP) is 3.97. The lowest BCUT2D eigenvalue weighted by molar-refractivity contribution is -0.0262. The highest BCUT2D eigenvalue weighted by atomic mass is 32.2. The van der Waals surface area contributed by atoms with Gasteiger partial charge in [-0.1, -0.05) is 40.4 Å². The van der Waals surface area contributed by atoms with Gasteiger partial charge in [-0.05, 0) is 31.5 Å². The summed E-state index contributed by atoms with van der Waals surface area (Å²) in [5.41, 5.74) is 2.55. The summed E-state index contributed by atoms with van der Waals surface area (Å²) in [6.07, 6.45) is -2.93. The first-order chi connectivity index (χ1) is 14.8. The molecule has 2 atom stereocenters. The number of hydrogen-bond acceptors (Lipinski definition) is 7. The van der Waals surface area contributed by atoms with Crippen LogP contribution in [0.1, 0.15) is 22.7 Å². The van der Waals surface area contributed by atoms with E-state index in [9.17, 15) is 17.7 Å². The van der Waals surface area contributed by atoms with Gasteiger partial charge in [-0.2, -0.15) is 20.2 Å². The maximum atomic E-state index is 14.8. The fraction of sp³-hybridized carbons (Fsp3) is 0.381. The minimum atomic E-state index is -4.30. The van der Waals surface area contributed by atoms with Crippen LogP contribution in [0.5, 0.6) is 0 Å². The van der Waals surface area contributed by atoms with Crippen LogP contribution >= 0.6 is 11.8 Å². The number of ether oxygens (including phenoxy) is 1. The Kier molecular flexibility index (Phi) is 6.14. The highest BCUT2D eigenvalue weighted by Crippen LogP contribution is 2.40. The van der Waals surface area contributed by atoms with Crippen LogP contribution < -0.4 is 4.90 Å². The zero-order valence-electron chi connectivity index (χ0n) is 17.2. The molecule has 2 heterocycles. The zero-order chi connectivity index (χ0) is 22.2. The molecule has 2 aliphatic heterocycles. The molecule has 2 saturated heterocycles. The minimum absolute atomic E-state index is 0.0495. The lowest BCUT2D eigenvalue weighted by atomic mass is 10.0. The summed E-state index contributed by atoms with van der Waals surface area (Å²) in [5, 5.41) is -0.0975. The Morgan fingerprint density at radius 1 is 1.13 bits per heavy atom. The molecule has 0 N–H and O–H groups in total. The van der Waals surface area contributed by atoms with E-state index in [-0.39, 0.29) is 10.0 Å². The highest BCUT2D eigenvalue weighted by Gasteiger charge is 2.48. The summed E-state index contributed by atoms with van der Waals surface area (Å²) in [6, 6.07) is 10.5. The molecule has 0 radical (unpaired) electrons. The van der Waals surface area contributed by atoms with E-state index in [1.54, 1.807) is 31.2 Å². The Hall–Kier alpha value is -2.30. The van der Waals surface area contributed by atoms with Crippen molar-refractivity contribution in [2.24, 2.45) is 0 Å². The lowest BCUT2D eigenvalue weighted by Gasteiger charge is -2.32. The van der Waals surface area contributed by atoms with Crippen molar-refractivity contribution >= 4 is 33.7 Å². The third-order valence-corrected chi connectivity index (χ3v) is 7.70. The summed E-state index contributed by atoms with van der Waals surface area (Å²) in [5.74, 6) is 1.85. The molecule has 0 bridgehead atoms. The van der Waals surface area contributed by atoms with E-state index in [4.69, 9.17) is 8.92 Å². The van der Waals surface area contributed by atoms with Gasteiger partial charge in [0.15, 0.2) is 6.04 Å². The van der Waals surface area contributed by atoms with Gasteiger partial charge in [-0.3, -0.25) is 0 Å². The summed E-state index contributed by atoms with van der Waals surface area (Å²) in [6.45, 7) is 5.02. The monoisotopic (exact) mass is 466 g/mol. The molecular weight excluding hydrogens is 443 g/mol. The molecule has 2 unspecified atom stereocenters. The van der Waals surface area contributed by atoms with E-state index >= 15 is 0 Å². The number of para-hydroxylation sites is 1. The van der Waals surface area contributed by atoms with E-state index < -0.39 is 28.5 Å². The maximum absolute atomic E-state index is 14.8. The molecule has 2 aromatic carbocycles. The van der Waals surface area contributed by atoms with Gasteiger partial charge in [0.2, 0.25) is 6.29 Å². The first kappa shape index (κ1) is 21.9. The second kappa shape index (κ2) is 8.68. The van der Waals surface area contributed by atoms with Crippen molar-refractivity contribution in [3.8, 4) is 0 Å². The van der Waals surface area contributed by atoms with Gasteiger partial charge in [0.1, 0.15) is 0 Å². The Balaban J connectivity index is 1.68. The van der Waals surface area contributed by atoms with Crippen molar-refractivity contribution in [1.29, 1.82) is 0 Å². The number of benzene rings is 2. The number of cyclic esters (lactones) is 1. The summed E-state index contributed by atoms with van der Waals surface area (Å²) >= 11 is 1.83. The second-order valence-corrected chi connectivity index (χ2v) is 10.3. The first-order valence-corrected chi connectivity index (χ1v) is 12.4. The zero-order valence-corrected chi connectivity index (χ0v) is 18.8. The average Bonchev–Trinajstić information content (AvgIpc) is 3.00. The molecule has 2 aliphatic rings. The molecule has 31 heavy (non-hydrogen) atoms. The van der Waals surface area contributed by atoms with Crippen molar-refractivity contribution in [2.45, 2.75) is 31.1 Å². The Morgan fingerprint density at radius 3 is 2.55 bits per heavy atom. The molecule has 0 spiro atoms. The van der Waals surface area contributed by atoms with E-state index in [0.29, 0.717) is 11.1 Å². The quantitative estimate of drug-likeness (QED) is 0.488. The van der Waals surface area contributed by atoms with Gasteiger partial charge < -0.3 is 9.64 Å². The molecule has 7 nitrogen and oxygen atoms in total. The topological polar surface area (TPSA) is 76.2 Å². The van der Waals surface area contributed by atoms with Crippen LogP contribution in [0.25, 0.3) is 0 Å². The van der Waals surface area contributed by atoms with Gasteiger partial charge in [-0.15, -0.1) is 5.12 Å². The van der Waals surface area contributed by atoms with E-state index in [0.717, 1.165) is 35.8 Å². The Labute approximate surface area is 185 Å². The van der Waals surface area contributed by atoms with Crippen LogP contribution in [0.3, 0.4) is 0 Å². The third-order valence-electron chi connectivity index (χ3n) is 5.32. The van der Waals surface area contributed by atoms with Gasteiger partial charge in [0.05, 0.1) is 4.90 Å². The minimum Gasteiger partial charge on any atom is -0.414 e. The number of rotatable bonds is 5. The average molecular weight is 467 g/mol. The van der Waals surface area contributed by atoms with Crippen LogP contribution in [0.4, 0.5) is 15.0 Å². The predicted molar refractivity (Wildman–Crippen MR) is 116 cm³/mol. The molecule has 2 fully saturated rings. The van der Waals surface area contributed by atoms with Crippen molar-refractivity contribution < 1.29 is 26.6 Å². The fourth-order valence-corrected chi connectivity index (χ4v) is 5.95. The van der Waals surface area contributed by atoms with Crippen LogP contribution in [-0.4, -0.2) is 50.5 Å². The maximum Gasteiger partial charge on any atom is 0.441 e. The number of carbonyl (C=O) groups excluding carboxylic acids is 1. The number of thioether (sulfide) groups is 1. The van der Waals surface area contributed by atoms with Crippen molar-refractivity contribution in [1.82, 2.24) is 5.12 Å². The number of halogens is 1. The van der Waals surface area contributed by atoms with Crippen molar-refractivity contribution in [3.05, 3.63) is 59.2 Å². The van der Waals surface area contributed by atoms with Crippen molar-refractivity contribution in [2.75, 3.05) is 29.5 Å². The smallest absolute Gasteiger partial charge is 0.414 e. The molecule has 0 aliphatic carbocycles. The Bertz CT molecular complexity index is 1090. The molecule has 0 aromatic heterocycles. The number of nitrogens with zero attached hydrogens (tertiary/aromatic N) is 2. The molecule has 1 amide bonds.